The summed E-state index contributed by atoms with van der Waals surface area (Å²) in [6.07, 6.45) is 0.0121. The summed E-state index contributed by atoms with van der Waals surface area (Å²) in [7, 11) is 0. The summed E-state index contributed by atoms with van der Waals surface area (Å²) < 4.78 is 2.11. The van der Waals surface area contributed by atoms with E-state index in [1.54, 1.807) is 0 Å². The predicted octanol–water partition coefficient (Wildman–Crippen LogP) is 4.99. The van der Waals surface area contributed by atoms with Gasteiger partial charge >= 0.3 is 0 Å². The first kappa shape index (κ1) is 16.7. The van der Waals surface area contributed by atoms with Crippen molar-refractivity contribution in [1.29, 1.82) is 0 Å². The first-order valence-electron chi connectivity index (χ1n) is 9.40. The van der Waals surface area contributed by atoms with E-state index >= 15 is 0 Å². The van der Waals surface area contributed by atoms with Crippen LogP contribution in [0.4, 0.5) is 11.4 Å². The van der Waals surface area contributed by atoms with Crippen molar-refractivity contribution in [2.45, 2.75) is 33.9 Å². The van der Waals surface area contributed by atoms with E-state index in [0.29, 0.717) is 0 Å². The second kappa shape index (κ2) is 6.52. The van der Waals surface area contributed by atoms with Gasteiger partial charge in [0.2, 0.25) is 0 Å². The molecule has 1 N–H and O–H groups in total. The van der Waals surface area contributed by atoms with Gasteiger partial charge in [0.05, 0.1) is 11.4 Å². The molecule has 0 unspecified atom stereocenters. The van der Waals surface area contributed by atoms with E-state index in [1.807, 2.05) is 0 Å². The lowest BCUT2D eigenvalue weighted by Gasteiger charge is -2.31. The van der Waals surface area contributed by atoms with Gasteiger partial charge in [-0.15, -0.1) is 0 Å². The van der Waals surface area contributed by atoms with Gasteiger partial charge in [-0.1, -0.05) is 30.3 Å². The summed E-state index contributed by atoms with van der Waals surface area (Å²) in [5.74, 6) is 0. The minimum Gasteiger partial charge on any atom is -0.372 e. The van der Waals surface area contributed by atoms with Crippen LogP contribution in [0.5, 0.6) is 0 Å². The Hall–Kier alpha value is -2.75. The minimum atomic E-state index is 0.0121. The van der Waals surface area contributed by atoms with Crippen LogP contribution in [0.1, 0.15) is 36.8 Å². The third-order valence-electron chi connectivity index (χ3n) is 5.27. The molecule has 1 aliphatic rings. The van der Waals surface area contributed by atoms with Crippen LogP contribution in [-0.4, -0.2) is 22.9 Å². The van der Waals surface area contributed by atoms with Crippen LogP contribution >= 0.6 is 0 Å². The Balaban J connectivity index is 1.77. The number of anilines is 2. The molecule has 0 bridgehead atoms. The average molecular weight is 346 g/mol. The number of aryl methyl sites for hydroxylation is 2. The molecule has 1 aliphatic heterocycles. The SMILES string of the molecule is CCN(CC)c1ccc([C@H]2Nc3c(C)cccc3-c3cc(C)nn32)cc1. The fourth-order valence-electron chi connectivity index (χ4n) is 3.87. The monoisotopic (exact) mass is 346 g/mol. The molecular weight excluding hydrogens is 320 g/mol. The van der Waals surface area contributed by atoms with E-state index < -0.39 is 0 Å². The number of hydrogen-bond donors (Lipinski definition) is 1. The summed E-state index contributed by atoms with van der Waals surface area (Å²) in [5, 5.41) is 8.49. The molecule has 4 heteroatoms. The highest BCUT2D eigenvalue weighted by molar-refractivity contribution is 5.81. The molecule has 0 fully saturated rings. The number of aromatic nitrogens is 2. The molecular formula is C22H26N4. The summed E-state index contributed by atoms with van der Waals surface area (Å²) in [6, 6.07) is 17.5. The van der Waals surface area contributed by atoms with Crippen molar-refractivity contribution in [3.8, 4) is 11.3 Å². The zero-order valence-corrected chi connectivity index (χ0v) is 16.0. The Kier molecular flexibility index (Phi) is 4.19. The summed E-state index contributed by atoms with van der Waals surface area (Å²) >= 11 is 0. The van der Waals surface area contributed by atoms with Crippen LogP contribution < -0.4 is 10.2 Å². The maximum Gasteiger partial charge on any atom is 0.147 e. The van der Waals surface area contributed by atoms with Crippen LogP contribution in [0.2, 0.25) is 0 Å². The number of benzene rings is 2. The molecule has 0 amide bonds. The van der Waals surface area contributed by atoms with Crippen molar-refractivity contribution in [2.24, 2.45) is 0 Å². The van der Waals surface area contributed by atoms with E-state index in [1.165, 1.54) is 33.8 Å². The topological polar surface area (TPSA) is 33.1 Å². The van der Waals surface area contributed by atoms with Crippen molar-refractivity contribution in [3.63, 3.8) is 0 Å². The summed E-state index contributed by atoms with van der Waals surface area (Å²) in [5.41, 5.74) is 8.40. The minimum absolute atomic E-state index is 0.0121. The van der Waals surface area contributed by atoms with Crippen molar-refractivity contribution in [3.05, 3.63) is 65.4 Å². The molecule has 134 valence electrons. The van der Waals surface area contributed by atoms with E-state index in [0.717, 1.165) is 18.8 Å². The molecule has 2 aromatic carbocycles. The highest BCUT2D eigenvalue weighted by atomic mass is 15.4. The van der Waals surface area contributed by atoms with Gasteiger partial charge in [0.1, 0.15) is 6.17 Å². The van der Waals surface area contributed by atoms with E-state index in [2.05, 4.69) is 91.1 Å². The standard InChI is InChI=1S/C22H26N4/c1-5-25(6-2)18-12-10-17(11-13-18)22-23-21-15(3)8-7-9-19(21)20-14-16(4)24-26(20)22/h7-14,22-23H,5-6H2,1-4H3/t22-/m0/s1. The van der Waals surface area contributed by atoms with E-state index in [4.69, 9.17) is 5.10 Å². The lowest BCUT2D eigenvalue weighted by atomic mass is 10.0. The van der Waals surface area contributed by atoms with Gasteiger partial charge in [0, 0.05) is 30.0 Å². The lowest BCUT2D eigenvalue weighted by molar-refractivity contribution is 0.570. The van der Waals surface area contributed by atoms with E-state index in [-0.39, 0.29) is 6.17 Å². The zero-order valence-electron chi connectivity index (χ0n) is 16.0. The van der Waals surface area contributed by atoms with Crippen LogP contribution in [-0.2, 0) is 0 Å². The molecule has 1 atom stereocenters. The molecule has 3 aromatic rings. The molecule has 0 spiro atoms. The fraction of sp³-hybridized carbons (Fsp3) is 0.318. The highest BCUT2D eigenvalue weighted by Gasteiger charge is 2.27. The first-order chi connectivity index (χ1) is 12.6. The van der Waals surface area contributed by atoms with Gasteiger partial charge < -0.3 is 10.2 Å². The number of rotatable bonds is 4. The van der Waals surface area contributed by atoms with Crippen molar-refractivity contribution >= 4 is 11.4 Å². The molecule has 0 saturated heterocycles. The molecule has 1 aromatic heterocycles. The first-order valence-corrected chi connectivity index (χ1v) is 9.40. The molecule has 2 heterocycles. The molecule has 4 rings (SSSR count). The maximum absolute atomic E-state index is 4.77. The zero-order chi connectivity index (χ0) is 18.3. The van der Waals surface area contributed by atoms with Gasteiger partial charge in [-0.3, -0.25) is 0 Å². The van der Waals surface area contributed by atoms with Crippen LogP contribution in [0.25, 0.3) is 11.3 Å². The summed E-state index contributed by atoms with van der Waals surface area (Å²) in [6.45, 7) is 10.6. The Morgan fingerprint density at radius 2 is 1.77 bits per heavy atom. The normalized spacial score (nSPS) is 15.2. The van der Waals surface area contributed by atoms with Gasteiger partial charge in [0.15, 0.2) is 0 Å². The van der Waals surface area contributed by atoms with Crippen molar-refractivity contribution in [2.75, 3.05) is 23.3 Å². The molecule has 0 radical (unpaired) electrons. The Morgan fingerprint density at radius 1 is 1.04 bits per heavy atom. The predicted molar refractivity (Wildman–Crippen MR) is 109 cm³/mol. The number of nitrogens with one attached hydrogen (secondary N) is 1. The highest BCUT2D eigenvalue weighted by Crippen LogP contribution is 2.40. The maximum atomic E-state index is 4.77. The summed E-state index contributed by atoms with van der Waals surface area (Å²) in [4.78, 5) is 2.36. The van der Waals surface area contributed by atoms with Crippen molar-refractivity contribution < 1.29 is 0 Å². The van der Waals surface area contributed by atoms with Gasteiger partial charge in [0.25, 0.3) is 0 Å². The third-order valence-corrected chi connectivity index (χ3v) is 5.27. The fourth-order valence-corrected chi connectivity index (χ4v) is 3.87. The van der Waals surface area contributed by atoms with Gasteiger partial charge in [-0.05, 0) is 57.0 Å². The Morgan fingerprint density at radius 3 is 2.46 bits per heavy atom. The number of nitrogens with zero attached hydrogens (tertiary/aromatic N) is 3. The van der Waals surface area contributed by atoms with Crippen LogP contribution in [0.3, 0.4) is 0 Å². The second-order valence-electron chi connectivity index (χ2n) is 6.92. The van der Waals surface area contributed by atoms with Crippen LogP contribution in [0.15, 0.2) is 48.5 Å². The molecule has 0 aliphatic carbocycles. The second-order valence-corrected chi connectivity index (χ2v) is 6.92. The largest absolute Gasteiger partial charge is 0.372 e. The number of hydrogen-bond acceptors (Lipinski definition) is 3. The Bertz CT molecular complexity index is 920. The van der Waals surface area contributed by atoms with E-state index in [9.17, 15) is 0 Å². The smallest absolute Gasteiger partial charge is 0.147 e. The molecule has 0 saturated carbocycles. The molecule has 26 heavy (non-hydrogen) atoms. The third kappa shape index (κ3) is 2.66. The Labute approximate surface area is 155 Å². The number of para-hydroxylation sites is 1. The average Bonchev–Trinajstić information content (AvgIpc) is 3.05. The quantitative estimate of drug-likeness (QED) is 0.723. The number of fused-ring (bicyclic) bond motifs is 3. The lowest BCUT2D eigenvalue weighted by Crippen LogP contribution is -2.26. The van der Waals surface area contributed by atoms with Crippen molar-refractivity contribution in [1.82, 2.24) is 9.78 Å². The van der Waals surface area contributed by atoms with Gasteiger partial charge in [-0.25, -0.2) is 4.68 Å². The van der Waals surface area contributed by atoms with Crippen LogP contribution in [0, 0.1) is 13.8 Å². The van der Waals surface area contributed by atoms with Gasteiger partial charge in [-0.2, -0.15) is 5.10 Å². The molecule has 4 nitrogen and oxygen atoms in total.